The molecule has 0 saturated heterocycles. The van der Waals surface area contributed by atoms with Crippen LogP contribution in [0.3, 0.4) is 0 Å². The average molecular weight is 411 g/mol. The van der Waals surface area contributed by atoms with Gasteiger partial charge < -0.3 is 14.4 Å². The molecule has 2 heterocycles. The van der Waals surface area contributed by atoms with Gasteiger partial charge in [0.1, 0.15) is 0 Å². The van der Waals surface area contributed by atoms with E-state index in [9.17, 15) is 4.79 Å². The van der Waals surface area contributed by atoms with E-state index in [1.54, 1.807) is 17.3 Å². The van der Waals surface area contributed by atoms with Gasteiger partial charge in [0.15, 0.2) is 11.0 Å². The molecule has 0 atom stereocenters. The summed E-state index contributed by atoms with van der Waals surface area (Å²) in [5.41, 5.74) is 3.21. The van der Waals surface area contributed by atoms with Gasteiger partial charge in [0.2, 0.25) is 5.91 Å². The molecule has 2 aromatic heterocycles. The van der Waals surface area contributed by atoms with E-state index in [-0.39, 0.29) is 5.91 Å². The van der Waals surface area contributed by atoms with Crippen LogP contribution < -0.4 is 4.90 Å². The predicted molar refractivity (Wildman–Crippen MR) is 117 cm³/mol. The van der Waals surface area contributed by atoms with Crippen LogP contribution in [0.2, 0.25) is 0 Å². The monoisotopic (exact) mass is 410 g/mol. The number of hydrogen-bond donors (Lipinski definition) is 0. The van der Waals surface area contributed by atoms with Crippen LogP contribution in [0.1, 0.15) is 12.5 Å². The van der Waals surface area contributed by atoms with Crippen LogP contribution in [0.15, 0.2) is 53.9 Å². The summed E-state index contributed by atoms with van der Waals surface area (Å²) in [5.74, 6) is 1.17. The van der Waals surface area contributed by atoms with Gasteiger partial charge in [-0.1, -0.05) is 23.9 Å². The minimum atomic E-state index is 0.0581. The average Bonchev–Trinajstić information content (AvgIpc) is 3.15. The normalized spacial score (nSPS) is 10.8. The highest BCUT2D eigenvalue weighted by molar-refractivity contribution is 7.99. The Kier molecular flexibility index (Phi) is 6.87. The van der Waals surface area contributed by atoms with E-state index in [0.717, 1.165) is 34.3 Å². The third-order valence-corrected chi connectivity index (χ3v) is 5.55. The zero-order valence-corrected chi connectivity index (χ0v) is 18.1. The Hall–Kier alpha value is -2.87. The van der Waals surface area contributed by atoms with E-state index >= 15 is 0 Å². The first-order chi connectivity index (χ1) is 14.0. The van der Waals surface area contributed by atoms with Gasteiger partial charge in [-0.3, -0.25) is 9.78 Å². The summed E-state index contributed by atoms with van der Waals surface area (Å²) in [6.07, 6.45) is 3.47. The number of amides is 1. The summed E-state index contributed by atoms with van der Waals surface area (Å²) in [5, 5.41) is 9.34. The fraction of sp³-hybridized carbons (Fsp3) is 0.333. The van der Waals surface area contributed by atoms with Crippen LogP contribution in [0, 0.1) is 0 Å². The van der Waals surface area contributed by atoms with E-state index in [1.807, 2.05) is 44.8 Å². The molecule has 0 saturated carbocycles. The lowest BCUT2D eigenvalue weighted by atomic mass is 10.2. The van der Waals surface area contributed by atoms with Crippen molar-refractivity contribution in [2.24, 2.45) is 0 Å². The number of carbonyl (C=O) groups excluding carboxylic acids is 1. The molecule has 0 unspecified atom stereocenters. The fourth-order valence-corrected chi connectivity index (χ4v) is 3.84. The third-order valence-electron chi connectivity index (χ3n) is 4.59. The number of anilines is 1. The van der Waals surface area contributed by atoms with Crippen molar-refractivity contribution in [3.05, 3.63) is 54.4 Å². The standard InChI is InChI=1S/C21H26N6OS/c1-5-27-20(17-10-12-22-13-11-17)23-24-21(27)29-15-19(28)26(4)14-16-6-8-18(9-7-16)25(2)3/h6-13H,5,14-15H2,1-4H3. The van der Waals surface area contributed by atoms with Crippen molar-refractivity contribution in [3.8, 4) is 11.4 Å². The summed E-state index contributed by atoms with van der Waals surface area (Å²) >= 11 is 1.42. The number of rotatable bonds is 8. The zero-order valence-electron chi connectivity index (χ0n) is 17.2. The molecule has 7 nitrogen and oxygen atoms in total. The summed E-state index contributed by atoms with van der Waals surface area (Å²) < 4.78 is 2.02. The maximum atomic E-state index is 12.6. The summed E-state index contributed by atoms with van der Waals surface area (Å²) in [6.45, 7) is 3.36. The molecule has 29 heavy (non-hydrogen) atoms. The Balaban J connectivity index is 1.61. The van der Waals surface area contributed by atoms with Crippen molar-refractivity contribution in [3.63, 3.8) is 0 Å². The third kappa shape index (κ3) is 5.14. The van der Waals surface area contributed by atoms with Gasteiger partial charge >= 0.3 is 0 Å². The smallest absolute Gasteiger partial charge is 0.233 e. The second kappa shape index (κ2) is 9.56. The van der Waals surface area contributed by atoms with E-state index in [1.165, 1.54) is 11.8 Å². The summed E-state index contributed by atoms with van der Waals surface area (Å²) in [6, 6.07) is 12.1. The molecule has 0 aliphatic heterocycles. The van der Waals surface area contributed by atoms with Crippen LogP contribution in [0.4, 0.5) is 5.69 Å². The van der Waals surface area contributed by atoms with E-state index in [4.69, 9.17) is 0 Å². The molecule has 3 rings (SSSR count). The largest absolute Gasteiger partial charge is 0.378 e. The summed E-state index contributed by atoms with van der Waals surface area (Å²) in [7, 11) is 5.85. The van der Waals surface area contributed by atoms with E-state index in [0.29, 0.717) is 12.3 Å². The lowest BCUT2D eigenvalue weighted by Crippen LogP contribution is -2.28. The molecule has 152 valence electrons. The van der Waals surface area contributed by atoms with Gasteiger partial charge in [0.05, 0.1) is 5.75 Å². The van der Waals surface area contributed by atoms with Gasteiger partial charge in [0.25, 0.3) is 0 Å². The number of aromatic nitrogens is 4. The van der Waals surface area contributed by atoms with Gasteiger partial charge in [0, 0.05) is 57.9 Å². The Labute approximate surface area is 175 Å². The van der Waals surface area contributed by atoms with Crippen molar-refractivity contribution in [1.29, 1.82) is 0 Å². The van der Waals surface area contributed by atoms with Crippen LogP contribution in [0.25, 0.3) is 11.4 Å². The van der Waals surface area contributed by atoms with E-state index in [2.05, 4.69) is 44.3 Å². The van der Waals surface area contributed by atoms with Crippen molar-refractivity contribution in [2.45, 2.75) is 25.2 Å². The van der Waals surface area contributed by atoms with Gasteiger partial charge in [-0.05, 0) is 36.8 Å². The molecule has 1 aromatic carbocycles. The molecule has 0 spiro atoms. The maximum Gasteiger partial charge on any atom is 0.233 e. The molecule has 0 aliphatic carbocycles. The van der Waals surface area contributed by atoms with Crippen LogP contribution in [-0.4, -0.2) is 57.5 Å². The van der Waals surface area contributed by atoms with Crippen LogP contribution >= 0.6 is 11.8 Å². The van der Waals surface area contributed by atoms with Gasteiger partial charge in [-0.15, -0.1) is 10.2 Å². The number of nitrogens with zero attached hydrogens (tertiary/aromatic N) is 6. The Morgan fingerprint density at radius 3 is 2.34 bits per heavy atom. The second-order valence-corrected chi connectivity index (χ2v) is 7.83. The first-order valence-corrected chi connectivity index (χ1v) is 10.4. The molecule has 3 aromatic rings. The quantitative estimate of drug-likeness (QED) is 0.532. The Morgan fingerprint density at radius 1 is 1.03 bits per heavy atom. The van der Waals surface area contributed by atoms with Gasteiger partial charge in [-0.2, -0.15) is 0 Å². The highest BCUT2D eigenvalue weighted by Crippen LogP contribution is 2.24. The molecule has 0 N–H and O–H groups in total. The molecule has 0 fully saturated rings. The Morgan fingerprint density at radius 2 is 1.72 bits per heavy atom. The minimum absolute atomic E-state index is 0.0581. The van der Waals surface area contributed by atoms with Crippen LogP contribution in [0.5, 0.6) is 0 Å². The van der Waals surface area contributed by atoms with Crippen molar-refractivity contribution < 1.29 is 4.79 Å². The van der Waals surface area contributed by atoms with Crippen molar-refractivity contribution >= 4 is 23.4 Å². The molecule has 8 heteroatoms. The molecule has 1 amide bonds. The number of pyridine rings is 1. The van der Waals surface area contributed by atoms with Crippen LogP contribution in [-0.2, 0) is 17.9 Å². The first kappa shape index (κ1) is 20.9. The lowest BCUT2D eigenvalue weighted by Gasteiger charge is -2.18. The lowest BCUT2D eigenvalue weighted by molar-refractivity contribution is -0.127. The number of benzene rings is 1. The fourth-order valence-electron chi connectivity index (χ4n) is 2.89. The maximum absolute atomic E-state index is 12.6. The van der Waals surface area contributed by atoms with Crippen molar-refractivity contribution in [1.82, 2.24) is 24.6 Å². The SMILES string of the molecule is CCn1c(SCC(=O)N(C)Cc2ccc(N(C)C)cc2)nnc1-c1ccncc1. The molecule has 0 aliphatic rings. The molecule has 0 bridgehead atoms. The second-order valence-electron chi connectivity index (χ2n) is 6.89. The number of thioether (sulfide) groups is 1. The zero-order chi connectivity index (χ0) is 20.8. The first-order valence-electron chi connectivity index (χ1n) is 9.46. The van der Waals surface area contributed by atoms with Crippen molar-refractivity contribution in [2.75, 3.05) is 31.8 Å². The Bertz CT molecular complexity index is 940. The number of hydrogen-bond acceptors (Lipinski definition) is 6. The number of carbonyl (C=O) groups is 1. The molecule has 0 radical (unpaired) electrons. The summed E-state index contributed by atoms with van der Waals surface area (Å²) in [4.78, 5) is 20.4. The minimum Gasteiger partial charge on any atom is -0.378 e. The highest BCUT2D eigenvalue weighted by Gasteiger charge is 2.16. The highest BCUT2D eigenvalue weighted by atomic mass is 32.2. The topological polar surface area (TPSA) is 67.2 Å². The molecular weight excluding hydrogens is 384 g/mol. The predicted octanol–water partition coefficient (Wildman–Crippen LogP) is 3.18. The van der Waals surface area contributed by atoms with E-state index < -0.39 is 0 Å². The molecular formula is C21H26N6OS. The van der Waals surface area contributed by atoms with Gasteiger partial charge in [-0.25, -0.2) is 0 Å².